The molecule has 70 valence electrons. The lowest BCUT2D eigenvalue weighted by Gasteiger charge is -2.18. The van der Waals surface area contributed by atoms with E-state index in [-0.39, 0.29) is 11.9 Å². The van der Waals surface area contributed by atoms with E-state index in [9.17, 15) is 4.79 Å². The van der Waals surface area contributed by atoms with Gasteiger partial charge >= 0.3 is 5.97 Å². The zero-order valence-electron chi connectivity index (χ0n) is 7.54. The Labute approximate surface area is 76.3 Å². The Hall–Kier alpha value is -1.32. The third kappa shape index (κ3) is 1.32. The van der Waals surface area contributed by atoms with Crippen LogP contribution >= 0.6 is 0 Å². The van der Waals surface area contributed by atoms with Crippen molar-refractivity contribution in [3.63, 3.8) is 0 Å². The molecule has 0 aliphatic heterocycles. The van der Waals surface area contributed by atoms with Crippen LogP contribution < -0.4 is 0 Å². The molecule has 0 radical (unpaired) electrons. The second-order valence-corrected chi connectivity index (χ2v) is 3.27. The van der Waals surface area contributed by atoms with Gasteiger partial charge in [-0.2, -0.15) is 5.10 Å². The Morgan fingerprint density at radius 1 is 1.77 bits per heavy atom. The summed E-state index contributed by atoms with van der Waals surface area (Å²) in [6, 6.07) is 0. The third-order valence-electron chi connectivity index (χ3n) is 2.53. The normalized spacial score (nSPS) is 20.8. The first-order chi connectivity index (χ1) is 6.33. The summed E-state index contributed by atoms with van der Waals surface area (Å²) in [4.78, 5) is 11.4. The molecule has 13 heavy (non-hydrogen) atoms. The van der Waals surface area contributed by atoms with Crippen LogP contribution in [0.5, 0.6) is 0 Å². The van der Waals surface area contributed by atoms with Gasteiger partial charge < -0.3 is 4.74 Å². The van der Waals surface area contributed by atoms with Crippen molar-refractivity contribution in [1.29, 1.82) is 0 Å². The molecule has 1 unspecified atom stereocenters. The predicted octanol–water partition coefficient (Wildman–Crippen LogP) is 1.00. The molecule has 0 saturated carbocycles. The fourth-order valence-electron chi connectivity index (χ4n) is 1.85. The summed E-state index contributed by atoms with van der Waals surface area (Å²) < 4.78 is 4.74. The van der Waals surface area contributed by atoms with Crippen molar-refractivity contribution in [3.8, 4) is 0 Å². The van der Waals surface area contributed by atoms with E-state index in [1.54, 1.807) is 6.20 Å². The first-order valence-electron chi connectivity index (χ1n) is 4.43. The molecular weight excluding hydrogens is 168 g/mol. The average Bonchev–Trinajstić information content (AvgIpc) is 2.63. The van der Waals surface area contributed by atoms with Crippen LogP contribution in [-0.2, 0) is 16.0 Å². The molecule has 0 bridgehead atoms. The number of aryl methyl sites for hydroxylation is 1. The van der Waals surface area contributed by atoms with Gasteiger partial charge in [-0.05, 0) is 19.3 Å². The highest BCUT2D eigenvalue weighted by molar-refractivity contribution is 5.78. The molecule has 0 amide bonds. The van der Waals surface area contributed by atoms with E-state index in [1.807, 2.05) is 0 Å². The predicted molar refractivity (Wildman–Crippen MR) is 46.3 cm³/mol. The van der Waals surface area contributed by atoms with Crippen molar-refractivity contribution in [2.24, 2.45) is 0 Å². The standard InChI is InChI=1S/C9H12N2O2/c1-13-9(12)6-3-2-4-8-7(6)5-10-11-8/h5-6H,2-4H2,1H3,(H,10,11). The molecule has 0 spiro atoms. The van der Waals surface area contributed by atoms with Gasteiger partial charge in [0, 0.05) is 11.3 Å². The quantitative estimate of drug-likeness (QED) is 0.656. The molecule has 1 aromatic rings. The second-order valence-electron chi connectivity index (χ2n) is 3.27. The molecule has 1 aliphatic carbocycles. The van der Waals surface area contributed by atoms with Crippen molar-refractivity contribution >= 4 is 5.97 Å². The van der Waals surface area contributed by atoms with Crippen LogP contribution in [0.25, 0.3) is 0 Å². The van der Waals surface area contributed by atoms with Gasteiger partial charge in [0.1, 0.15) is 0 Å². The molecule has 1 aromatic heterocycles. The number of fused-ring (bicyclic) bond motifs is 1. The molecule has 2 rings (SSSR count). The molecule has 0 saturated heterocycles. The van der Waals surface area contributed by atoms with E-state index in [1.165, 1.54) is 7.11 Å². The fourth-order valence-corrected chi connectivity index (χ4v) is 1.85. The number of H-pyrrole nitrogens is 1. The Morgan fingerprint density at radius 3 is 3.38 bits per heavy atom. The summed E-state index contributed by atoms with van der Waals surface area (Å²) in [5, 5.41) is 6.85. The summed E-state index contributed by atoms with van der Waals surface area (Å²) in [6.45, 7) is 0. The van der Waals surface area contributed by atoms with Gasteiger partial charge in [-0.3, -0.25) is 9.89 Å². The zero-order chi connectivity index (χ0) is 9.26. The molecule has 1 heterocycles. The molecule has 1 atom stereocenters. The second kappa shape index (κ2) is 3.20. The highest BCUT2D eigenvalue weighted by Crippen LogP contribution is 2.30. The molecule has 0 fully saturated rings. The maximum atomic E-state index is 11.4. The van der Waals surface area contributed by atoms with Gasteiger partial charge in [-0.1, -0.05) is 0 Å². The number of methoxy groups -OCH3 is 1. The van der Waals surface area contributed by atoms with Crippen LogP contribution in [0, 0.1) is 0 Å². The van der Waals surface area contributed by atoms with Gasteiger partial charge in [-0.15, -0.1) is 0 Å². The lowest BCUT2D eigenvalue weighted by Crippen LogP contribution is -2.18. The maximum Gasteiger partial charge on any atom is 0.313 e. The summed E-state index contributed by atoms with van der Waals surface area (Å²) in [7, 11) is 1.43. The number of hydrogen-bond donors (Lipinski definition) is 1. The highest BCUT2D eigenvalue weighted by atomic mass is 16.5. The summed E-state index contributed by atoms with van der Waals surface area (Å²) >= 11 is 0. The minimum Gasteiger partial charge on any atom is -0.469 e. The lowest BCUT2D eigenvalue weighted by molar-refractivity contribution is -0.142. The van der Waals surface area contributed by atoms with E-state index >= 15 is 0 Å². The molecule has 4 nitrogen and oxygen atoms in total. The van der Waals surface area contributed by atoms with Gasteiger partial charge in [0.2, 0.25) is 0 Å². The van der Waals surface area contributed by atoms with Gasteiger partial charge in [0.25, 0.3) is 0 Å². The van der Waals surface area contributed by atoms with Gasteiger partial charge in [-0.25, -0.2) is 0 Å². The largest absolute Gasteiger partial charge is 0.469 e. The van der Waals surface area contributed by atoms with Crippen LogP contribution in [0.4, 0.5) is 0 Å². The zero-order valence-corrected chi connectivity index (χ0v) is 7.54. The monoisotopic (exact) mass is 180 g/mol. The van der Waals surface area contributed by atoms with Crippen LogP contribution in [0.15, 0.2) is 6.20 Å². The number of aromatic nitrogens is 2. The minimum absolute atomic E-state index is 0.104. The van der Waals surface area contributed by atoms with Gasteiger partial charge in [0.15, 0.2) is 0 Å². The van der Waals surface area contributed by atoms with Crippen LogP contribution in [-0.4, -0.2) is 23.3 Å². The fraction of sp³-hybridized carbons (Fsp3) is 0.556. The van der Waals surface area contributed by atoms with E-state index in [4.69, 9.17) is 4.74 Å². The van der Waals surface area contributed by atoms with E-state index < -0.39 is 0 Å². The lowest BCUT2D eigenvalue weighted by atomic mass is 9.87. The number of hydrogen-bond acceptors (Lipinski definition) is 3. The Kier molecular flexibility index (Phi) is 2.04. The third-order valence-corrected chi connectivity index (χ3v) is 2.53. The maximum absolute atomic E-state index is 11.4. The van der Waals surface area contributed by atoms with Gasteiger partial charge in [0.05, 0.1) is 19.2 Å². The Bertz CT molecular complexity index is 319. The minimum atomic E-state index is -0.151. The molecular formula is C9H12N2O2. The van der Waals surface area contributed by atoms with Crippen LogP contribution in [0.1, 0.15) is 30.0 Å². The number of esters is 1. The number of carbonyl (C=O) groups excluding carboxylic acids is 1. The molecule has 1 aliphatic rings. The topological polar surface area (TPSA) is 55.0 Å². The van der Waals surface area contributed by atoms with Crippen molar-refractivity contribution in [3.05, 3.63) is 17.5 Å². The Morgan fingerprint density at radius 2 is 2.62 bits per heavy atom. The summed E-state index contributed by atoms with van der Waals surface area (Å²) in [6.07, 6.45) is 4.62. The number of rotatable bonds is 1. The molecule has 4 heteroatoms. The van der Waals surface area contributed by atoms with Crippen molar-refractivity contribution in [2.75, 3.05) is 7.11 Å². The number of aromatic amines is 1. The summed E-state index contributed by atoms with van der Waals surface area (Å²) in [5.41, 5.74) is 2.10. The average molecular weight is 180 g/mol. The van der Waals surface area contributed by atoms with Crippen LogP contribution in [0.2, 0.25) is 0 Å². The van der Waals surface area contributed by atoms with Crippen molar-refractivity contribution in [2.45, 2.75) is 25.2 Å². The number of ether oxygens (including phenoxy) is 1. The van der Waals surface area contributed by atoms with Crippen molar-refractivity contribution < 1.29 is 9.53 Å². The van der Waals surface area contributed by atoms with E-state index in [0.29, 0.717) is 0 Å². The first kappa shape index (κ1) is 8.29. The first-order valence-corrected chi connectivity index (χ1v) is 4.43. The van der Waals surface area contributed by atoms with E-state index in [0.717, 1.165) is 30.5 Å². The molecule has 0 aromatic carbocycles. The van der Waals surface area contributed by atoms with Crippen LogP contribution in [0.3, 0.4) is 0 Å². The number of nitrogens with one attached hydrogen (secondary N) is 1. The Balaban J connectivity index is 2.30. The number of carbonyl (C=O) groups is 1. The number of nitrogens with zero attached hydrogens (tertiary/aromatic N) is 1. The van der Waals surface area contributed by atoms with E-state index in [2.05, 4.69) is 10.2 Å². The summed E-state index contributed by atoms with van der Waals surface area (Å²) in [5.74, 6) is -0.255. The highest BCUT2D eigenvalue weighted by Gasteiger charge is 2.28. The smallest absolute Gasteiger partial charge is 0.313 e. The van der Waals surface area contributed by atoms with Crippen molar-refractivity contribution in [1.82, 2.24) is 10.2 Å². The molecule has 1 N–H and O–H groups in total. The SMILES string of the molecule is COC(=O)C1CCCc2[nH]ncc21.